The Kier molecular flexibility index (Phi) is 7.13. The van der Waals surface area contributed by atoms with E-state index in [0.29, 0.717) is 13.1 Å². The number of rotatable bonds is 7. The van der Waals surface area contributed by atoms with Crippen LogP contribution in [-0.4, -0.2) is 41.9 Å². The fourth-order valence-electron chi connectivity index (χ4n) is 4.52. The number of halogens is 1. The molecule has 0 saturated carbocycles. The summed E-state index contributed by atoms with van der Waals surface area (Å²) in [6, 6.07) is 15.6. The monoisotopic (exact) mass is 409 g/mol. The molecule has 0 aromatic heterocycles. The maximum atomic E-state index is 13.8. The van der Waals surface area contributed by atoms with Gasteiger partial charge in [0.25, 0.3) is 0 Å². The number of carbonyl (C=O) groups is 1. The molecule has 2 saturated heterocycles. The summed E-state index contributed by atoms with van der Waals surface area (Å²) in [5.74, 6) is 0.0433. The highest BCUT2D eigenvalue weighted by molar-refractivity contribution is 5.78. The smallest absolute Gasteiger partial charge is 0.223 e. The number of likely N-dealkylation sites (tertiary alicyclic amines) is 2. The van der Waals surface area contributed by atoms with Crippen molar-refractivity contribution in [2.75, 3.05) is 26.2 Å². The zero-order chi connectivity index (χ0) is 20.8. The maximum Gasteiger partial charge on any atom is 0.223 e. The lowest BCUT2D eigenvalue weighted by molar-refractivity contribution is -0.126. The van der Waals surface area contributed by atoms with Crippen LogP contribution in [0.3, 0.4) is 0 Å². The lowest BCUT2D eigenvalue weighted by atomic mass is 9.95. The summed E-state index contributed by atoms with van der Waals surface area (Å²) in [6.07, 6.45) is 4.28. The van der Waals surface area contributed by atoms with Crippen molar-refractivity contribution in [2.45, 2.75) is 45.3 Å². The second-order valence-corrected chi connectivity index (χ2v) is 8.66. The summed E-state index contributed by atoms with van der Waals surface area (Å²) in [7, 11) is 0. The molecule has 2 fully saturated rings. The molecule has 30 heavy (non-hydrogen) atoms. The van der Waals surface area contributed by atoms with Gasteiger partial charge in [0.05, 0.1) is 0 Å². The Bertz CT molecular complexity index is 825. The first-order valence-electron chi connectivity index (χ1n) is 11.2. The first-order valence-corrected chi connectivity index (χ1v) is 11.2. The van der Waals surface area contributed by atoms with Gasteiger partial charge in [0, 0.05) is 31.1 Å². The quantitative estimate of drug-likeness (QED) is 0.752. The highest BCUT2D eigenvalue weighted by Crippen LogP contribution is 2.20. The largest absolute Gasteiger partial charge is 0.352 e. The van der Waals surface area contributed by atoms with Crippen LogP contribution in [0.4, 0.5) is 4.39 Å². The number of piperidine rings is 1. The van der Waals surface area contributed by atoms with Crippen LogP contribution < -0.4 is 5.32 Å². The Morgan fingerprint density at radius 3 is 2.20 bits per heavy atom. The summed E-state index contributed by atoms with van der Waals surface area (Å²) >= 11 is 0. The minimum Gasteiger partial charge on any atom is -0.352 e. The number of hydrogen-bond acceptors (Lipinski definition) is 3. The summed E-state index contributed by atoms with van der Waals surface area (Å²) in [5, 5.41) is 3.11. The Balaban J connectivity index is 1.19. The van der Waals surface area contributed by atoms with Crippen LogP contribution in [-0.2, 0) is 24.4 Å². The van der Waals surface area contributed by atoms with Gasteiger partial charge in [-0.3, -0.25) is 14.6 Å². The molecule has 4 rings (SSSR count). The van der Waals surface area contributed by atoms with Gasteiger partial charge in [-0.1, -0.05) is 42.5 Å². The third kappa shape index (κ3) is 5.67. The second kappa shape index (κ2) is 10.2. The average molecular weight is 410 g/mol. The van der Waals surface area contributed by atoms with Gasteiger partial charge in [0.15, 0.2) is 0 Å². The van der Waals surface area contributed by atoms with E-state index in [1.807, 2.05) is 12.1 Å². The molecule has 1 N–H and O–H groups in total. The molecule has 160 valence electrons. The molecule has 2 aliphatic heterocycles. The Hall–Kier alpha value is -2.24. The second-order valence-electron chi connectivity index (χ2n) is 8.66. The Morgan fingerprint density at radius 1 is 0.867 bits per heavy atom. The fraction of sp³-hybridized carbons (Fsp3) is 0.480. The number of hydrogen-bond donors (Lipinski definition) is 1. The third-order valence-corrected chi connectivity index (χ3v) is 6.40. The first kappa shape index (κ1) is 21.0. The van der Waals surface area contributed by atoms with E-state index in [1.165, 1.54) is 37.6 Å². The van der Waals surface area contributed by atoms with Gasteiger partial charge in [0.1, 0.15) is 5.82 Å². The number of nitrogens with one attached hydrogen (secondary N) is 1. The highest BCUT2D eigenvalue weighted by Gasteiger charge is 2.25. The van der Waals surface area contributed by atoms with Crippen molar-refractivity contribution in [3.63, 3.8) is 0 Å². The predicted octanol–water partition coefficient (Wildman–Crippen LogP) is 3.95. The Morgan fingerprint density at radius 2 is 1.50 bits per heavy atom. The number of nitrogens with zero attached hydrogens (tertiary/aromatic N) is 2. The lowest BCUT2D eigenvalue weighted by Gasteiger charge is -2.31. The molecule has 0 radical (unpaired) electrons. The molecular formula is C25H32FN3O. The molecule has 5 heteroatoms. The molecule has 1 amide bonds. The zero-order valence-electron chi connectivity index (χ0n) is 17.7. The first-order chi connectivity index (χ1) is 14.7. The number of amides is 1. The Labute approximate surface area is 179 Å². The van der Waals surface area contributed by atoms with Crippen molar-refractivity contribution >= 4 is 5.91 Å². The topological polar surface area (TPSA) is 35.6 Å². The molecule has 0 atom stereocenters. The van der Waals surface area contributed by atoms with E-state index < -0.39 is 0 Å². The van der Waals surface area contributed by atoms with E-state index in [1.54, 1.807) is 6.07 Å². The average Bonchev–Trinajstić information content (AvgIpc) is 3.28. The molecular weight excluding hydrogens is 377 g/mol. The van der Waals surface area contributed by atoms with Crippen LogP contribution in [0.15, 0.2) is 48.5 Å². The third-order valence-electron chi connectivity index (χ3n) is 6.40. The van der Waals surface area contributed by atoms with Crippen LogP contribution in [0.2, 0.25) is 0 Å². The van der Waals surface area contributed by atoms with E-state index in [4.69, 9.17) is 0 Å². The van der Waals surface area contributed by atoms with Crippen LogP contribution in [0.25, 0.3) is 0 Å². The van der Waals surface area contributed by atoms with Gasteiger partial charge < -0.3 is 5.32 Å². The van der Waals surface area contributed by atoms with Crippen molar-refractivity contribution < 1.29 is 9.18 Å². The minimum absolute atomic E-state index is 0.0521. The molecule has 2 aromatic rings. The van der Waals surface area contributed by atoms with E-state index in [-0.39, 0.29) is 17.6 Å². The molecule has 0 unspecified atom stereocenters. The molecule has 2 aliphatic rings. The van der Waals surface area contributed by atoms with E-state index in [9.17, 15) is 9.18 Å². The fourth-order valence-corrected chi connectivity index (χ4v) is 4.52. The predicted molar refractivity (Wildman–Crippen MR) is 117 cm³/mol. The molecule has 2 aromatic carbocycles. The van der Waals surface area contributed by atoms with Gasteiger partial charge in [-0.2, -0.15) is 0 Å². The summed E-state index contributed by atoms with van der Waals surface area (Å²) in [5.41, 5.74) is 3.22. The summed E-state index contributed by atoms with van der Waals surface area (Å²) < 4.78 is 13.8. The van der Waals surface area contributed by atoms with Gasteiger partial charge in [-0.15, -0.1) is 0 Å². The maximum absolute atomic E-state index is 13.8. The van der Waals surface area contributed by atoms with Gasteiger partial charge >= 0.3 is 0 Å². The molecule has 4 nitrogen and oxygen atoms in total. The van der Waals surface area contributed by atoms with Crippen LogP contribution in [0, 0.1) is 11.7 Å². The molecule has 0 aliphatic carbocycles. The SMILES string of the molecule is O=C(NCc1ccc(CN2CCCC2)cc1)C1CCN(Cc2ccccc2F)CC1. The van der Waals surface area contributed by atoms with Crippen molar-refractivity contribution in [1.82, 2.24) is 15.1 Å². The van der Waals surface area contributed by atoms with Crippen molar-refractivity contribution in [3.05, 3.63) is 71.0 Å². The van der Waals surface area contributed by atoms with Gasteiger partial charge in [0.2, 0.25) is 5.91 Å². The van der Waals surface area contributed by atoms with Crippen molar-refractivity contribution in [3.8, 4) is 0 Å². The van der Waals surface area contributed by atoms with E-state index in [2.05, 4.69) is 39.4 Å². The standard InChI is InChI=1S/C25H32FN3O/c26-24-6-2-1-5-23(24)19-29-15-11-22(12-16-29)25(30)27-17-20-7-9-21(10-8-20)18-28-13-3-4-14-28/h1-2,5-10,22H,3-4,11-19H2,(H,27,30). The van der Waals surface area contributed by atoms with Crippen LogP contribution in [0.5, 0.6) is 0 Å². The normalized spacial score (nSPS) is 18.6. The van der Waals surface area contributed by atoms with Crippen LogP contribution >= 0.6 is 0 Å². The zero-order valence-corrected chi connectivity index (χ0v) is 17.7. The van der Waals surface area contributed by atoms with E-state index in [0.717, 1.165) is 43.6 Å². The summed E-state index contributed by atoms with van der Waals surface area (Å²) in [6.45, 7) is 6.30. The lowest BCUT2D eigenvalue weighted by Crippen LogP contribution is -2.40. The molecule has 0 spiro atoms. The summed E-state index contributed by atoms with van der Waals surface area (Å²) in [4.78, 5) is 17.3. The number of benzene rings is 2. The van der Waals surface area contributed by atoms with Crippen molar-refractivity contribution in [2.24, 2.45) is 5.92 Å². The molecule has 2 heterocycles. The minimum atomic E-state index is -0.149. The van der Waals surface area contributed by atoms with E-state index >= 15 is 0 Å². The van der Waals surface area contributed by atoms with Gasteiger partial charge in [-0.05, 0) is 69.1 Å². The van der Waals surface area contributed by atoms with Crippen LogP contribution in [0.1, 0.15) is 42.4 Å². The van der Waals surface area contributed by atoms with Gasteiger partial charge in [-0.25, -0.2) is 4.39 Å². The highest BCUT2D eigenvalue weighted by atomic mass is 19.1. The number of carbonyl (C=O) groups excluding carboxylic acids is 1. The molecule has 0 bridgehead atoms. The van der Waals surface area contributed by atoms with Crippen molar-refractivity contribution in [1.29, 1.82) is 0 Å².